The highest BCUT2D eigenvalue weighted by Crippen LogP contribution is 2.25. The zero-order valence-corrected chi connectivity index (χ0v) is 11.7. The Hall–Kier alpha value is -2.77. The van der Waals surface area contributed by atoms with E-state index in [2.05, 4.69) is 0 Å². The molecule has 0 spiro atoms. The number of nitro groups is 2. The van der Waals surface area contributed by atoms with E-state index in [1.165, 1.54) is 12.1 Å². The van der Waals surface area contributed by atoms with Crippen molar-refractivity contribution >= 4 is 23.4 Å². The predicted octanol–water partition coefficient (Wildman–Crippen LogP) is 2.86. The number of hydrogen-bond donors (Lipinski definition) is 0. The Morgan fingerprint density at radius 2 is 1.81 bits per heavy atom. The van der Waals surface area contributed by atoms with Crippen LogP contribution in [0.15, 0.2) is 24.3 Å². The zero-order chi connectivity index (χ0) is 16.2. The molecule has 0 aliphatic carbocycles. The zero-order valence-electron chi connectivity index (χ0n) is 11.7. The van der Waals surface area contributed by atoms with E-state index < -0.39 is 32.8 Å². The van der Waals surface area contributed by atoms with Crippen LogP contribution in [0.1, 0.15) is 26.3 Å². The third kappa shape index (κ3) is 5.01. The van der Waals surface area contributed by atoms with Crippen LogP contribution in [-0.2, 0) is 9.53 Å². The van der Waals surface area contributed by atoms with Crippen LogP contribution in [-0.4, -0.2) is 21.4 Å². The average molecular weight is 294 g/mol. The highest BCUT2D eigenvalue weighted by molar-refractivity contribution is 5.88. The molecular formula is C13H14N2O6. The summed E-state index contributed by atoms with van der Waals surface area (Å²) in [6, 6.07) is 3.17. The molecule has 8 heteroatoms. The largest absolute Gasteiger partial charge is 0.457 e. The summed E-state index contributed by atoms with van der Waals surface area (Å²) in [5.74, 6) is -0.657. The Labute approximate surface area is 120 Å². The van der Waals surface area contributed by atoms with Gasteiger partial charge >= 0.3 is 5.97 Å². The van der Waals surface area contributed by atoms with Crippen molar-refractivity contribution in [2.45, 2.75) is 26.4 Å². The minimum atomic E-state index is -0.748. The number of carbonyl (C=O) groups is 1. The van der Waals surface area contributed by atoms with Gasteiger partial charge in [0.25, 0.3) is 11.4 Å². The number of benzene rings is 1. The second kappa shape index (κ2) is 6.12. The molecule has 0 saturated heterocycles. The number of nitro benzene ring substituents is 2. The van der Waals surface area contributed by atoms with Crippen molar-refractivity contribution < 1.29 is 19.4 Å². The first-order chi connectivity index (χ1) is 9.60. The Bertz CT molecular complexity index is 616. The second-order valence-electron chi connectivity index (χ2n) is 5.12. The molecule has 0 heterocycles. The van der Waals surface area contributed by atoms with Gasteiger partial charge in [-0.15, -0.1) is 0 Å². The molecule has 0 unspecified atom stereocenters. The molecule has 0 fully saturated rings. The van der Waals surface area contributed by atoms with Crippen LogP contribution < -0.4 is 0 Å². The molecule has 0 radical (unpaired) electrons. The molecule has 8 nitrogen and oxygen atoms in total. The summed E-state index contributed by atoms with van der Waals surface area (Å²) in [7, 11) is 0. The Balaban J connectivity index is 3.05. The molecule has 0 atom stereocenters. The third-order valence-electron chi connectivity index (χ3n) is 2.23. The van der Waals surface area contributed by atoms with Gasteiger partial charge in [0.2, 0.25) is 0 Å². The molecule has 1 aromatic rings. The lowest BCUT2D eigenvalue weighted by atomic mass is 10.1. The van der Waals surface area contributed by atoms with Crippen molar-refractivity contribution in [1.82, 2.24) is 0 Å². The second-order valence-corrected chi connectivity index (χ2v) is 5.12. The van der Waals surface area contributed by atoms with E-state index in [4.69, 9.17) is 4.74 Å². The summed E-state index contributed by atoms with van der Waals surface area (Å²) in [5.41, 5.74) is -1.44. The lowest BCUT2D eigenvalue weighted by molar-refractivity contribution is -0.394. The van der Waals surface area contributed by atoms with Gasteiger partial charge in [0, 0.05) is 12.1 Å². The molecule has 0 bridgehead atoms. The summed E-state index contributed by atoms with van der Waals surface area (Å²) in [5, 5.41) is 21.5. The van der Waals surface area contributed by atoms with Gasteiger partial charge in [-0.25, -0.2) is 4.79 Å². The average Bonchev–Trinajstić information content (AvgIpc) is 2.33. The SMILES string of the molecule is CC(C)(C)OC(=O)/C=C/c1ccc([N+](=O)[O-])cc1[N+](=O)[O-]. The lowest BCUT2D eigenvalue weighted by Crippen LogP contribution is -2.22. The molecule has 0 saturated carbocycles. The third-order valence-corrected chi connectivity index (χ3v) is 2.23. The molecule has 112 valence electrons. The normalized spacial score (nSPS) is 11.4. The van der Waals surface area contributed by atoms with Crippen molar-refractivity contribution in [1.29, 1.82) is 0 Å². The van der Waals surface area contributed by atoms with E-state index in [-0.39, 0.29) is 5.56 Å². The van der Waals surface area contributed by atoms with Crippen LogP contribution in [0.25, 0.3) is 6.08 Å². The van der Waals surface area contributed by atoms with Crippen LogP contribution in [0, 0.1) is 20.2 Å². The number of nitrogens with zero attached hydrogens (tertiary/aromatic N) is 2. The van der Waals surface area contributed by atoms with Gasteiger partial charge in [0.1, 0.15) is 5.60 Å². The number of esters is 1. The van der Waals surface area contributed by atoms with Gasteiger partial charge in [0.15, 0.2) is 0 Å². The minimum Gasteiger partial charge on any atom is -0.457 e. The number of non-ortho nitro benzene ring substituents is 1. The van der Waals surface area contributed by atoms with Gasteiger partial charge in [-0.1, -0.05) is 0 Å². The van der Waals surface area contributed by atoms with Gasteiger partial charge in [0.05, 0.1) is 21.5 Å². The molecule has 0 N–H and O–H groups in total. The molecule has 0 aliphatic rings. The monoisotopic (exact) mass is 294 g/mol. The molecular weight excluding hydrogens is 280 g/mol. The van der Waals surface area contributed by atoms with Crippen molar-refractivity contribution in [3.05, 3.63) is 50.1 Å². The molecule has 0 amide bonds. The van der Waals surface area contributed by atoms with Crippen LogP contribution in [0.3, 0.4) is 0 Å². The maximum absolute atomic E-state index is 11.5. The number of hydrogen-bond acceptors (Lipinski definition) is 6. The molecule has 1 aromatic carbocycles. The van der Waals surface area contributed by atoms with Gasteiger partial charge in [-0.3, -0.25) is 20.2 Å². The van der Waals surface area contributed by atoms with Crippen molar-refractivity contribution in [2.24, 2.45) is 0 Å². The van der Waals surface area contributed by atoms with Gasteiger partial charge < -0.3 is 4.74 Å². The van der Waals surface area contributed by atoms with E-state index in [1.807, 2.05) is 0 Å². The number of carbonyl (C=O) groups excluding carboxylic acids is 1. The fourth-order valence-corrected chi connectivity index (χ4v) is 1.44. The Morgan fingerprint density at radius 1 is 1.19 bits per heavy atom. The van der Waals surface area contributed by atoms with Gasteiger partial charge in [-0.05, 0) is 32.9 Å². The fraction of sp³-hybridized carbons (Fsp3) is 0.308. The lowest BCUT2D eigenvalue weighted by Gasteiger charge is -2.17. The summed E-state index contributed by atoms with van der Waals surface area (Å²) in [4.78, 5) is 31.5. The standard InChI is InChI=1S/C13H14N2O6/c1-13(2,3)21-12(16)7-5-9-4-6-10(14(17)18)8-11(9)15(19)20/h4-8H,1-3H3/b7-5+. The highest BCUT2D eigenvalue weighted by atomic mass is 16.6. The first-order valence-electron chi connectivity index (χ1n) is 5.94. The smallest absolute Gasteiger partial charge is 0.331 e. The first-order valence-corrected chi connectivity index (χ1v) is 5.94. The van der Waals surface area contributed by atoms with Crippen molar-refractivity contribution in [3.8, 4) is 0 Å². The van der Waals surface area contributed by atoms with Crippen LogP contribution >= 0.6 is 0 Å². The van der Waals surface area contributed by atoms with Crippen LogP contribution in [0.5, 0.6) is 0 Å². The van der Waals surface area contributed by atoms with Crippen LogP contribution in [0.2, 0.25) is 0 Å². The van der Waals surface area contributed by atoms with Gasteiger partial charge in [-0.2, -0.15) is 0 Å². The summed E-state index contributed by atoms with van der Waals surface area (Å²) in [6.45, 7) is 5.06. The van der Waals surface area contributed by atoms with Crippen LogP contribution in [0.4, 0.5) is 11.4 Å². The summed E-state index contributed by atoms with van der Waals surface area (Å²) < 4.78 is 5.02. The fourth-order valence-electron chi connectivity index (χ4n) is 1.44. The van der Waals surface area contributed by atoms with E-state index >= 15 is 0 Å². The van der Waals surface area contributed by atoms with Crippen molar-refractivity contribution in [3.63, 3.8) is 0 Å². The number of rotatable bonds is 4. The first kappa shape index (κ1) is 16.3. The predicted molar refractivity (Wildman–Crippen MR) is 74.6 cm³/mol. The van der Waals surface area contributed by atoms with E-state index in [0.29, 0.717) is 0 Å². The number of ether oxygens (including phenoxy) is 1. The van der Waals surface area contributed by atoms with E-state index in [1.54, 1.807) is 20.8 Å². The maximum atomic E-state index is 11.5. The molecule has 1 rings (SSSR count). The summed E-state index contributed by atoms with van der Waals surface area (Å²) in [6.07, 6.45) is 2.23. The highest BCUT2D eigenvalue weighted by Gasteiger charge is 2.18. The molecule has 0 aliphatic heterocycles. The Morgan fingerprint density at radius 3 is 2.29 bits per heavy atom. The minimum absolute atomic E-state index is 0.0801. The molecule has 0 aromatic heterocycles. The molecule has 21 heavy (non-hydrogen) atoms. The quantitative estimate of drug-likeness (QED) is 0.365. The van der Waals surface area contributed by atoms with E-state index in [9.17, 15) is 25.0 Å². The van der Waals surface area contributed by atoms with E-state index in [0.717, 1.165) is 18.2 Å². The topological polar surface area (TPSA) is 113 Å². The Kier molecular flexibility index (Phi) is 4.75. The maximum Gasteiger partial charge on any atom is 0.331 e. The summed E-state index contributed by atoms with van der Waals surface area (Å²) >= 11 is 0. The van der Waals surface area contributed by atoms with Crippen molar-refractivity contribution in [2.75, 3.05) is 0 Å².